The van der Waals surface area contributed by atoms with Crippen LogP contribution < -0.4 is 15.4 Å². The Morgan fingerprint density at radius 1 is 1.10 bits per heavy atom. The molecule has 0 bridgehead atoms. The second kappa shape index (κ2) is 13.1. The van der Waals surface area contributed by atoms with Gasteiger partial charge < -0.3 is 15.4 Å². The van der Waals surface area contributed by atoms with Gasteiger partial charge in [0, 0.05) is 37.0 Å². The van der Waals surface area contributed by atoms with E-state index in [4.69, 9.17) is 4.74 Å². The number of carbonyl (C=O) groups is 1. The van der Waals surface area contributed by atoms with Crippen molar-refractivity contribution in [2.45, 2.75) is 75.3 Å². The van der Waals surface area contributed by atoms with Gasteiger partial charge in [-0.15, -0.1) is 11.8 Å². The Balaban J connectivity index is 0.992. The molecule has 6 rings (SSSR count). The van der Waals surface area contributed by atoms with Crippen LogP contribution in [0.3, 0.4) is 0 Å². The van der Waals surface area contributed by atoms with E-state index < -0.39 is 0 Å². The zero-order valence-corrected chi connectivity index (χ0v) is 26.6. The molecule has 0 aromatic heterocycles. The minimum absolute atomic E-state index is 0.000918. The van der Waals surface area contributed by atoms with Crippen LogP contribution in [0.2, 0.25) is 0 Å². The lowest BCUT2D eigenvalue weighted by molar-refractivity contribution is -0.121. The van der Waals surface area contributed by atoms with Gasteiger partial charge in [0.15, 0.2) is 0 Å². The molecule has 41 heavy (non-hydrogen) atoms. The summed E-state index contributed by atoms with van der Waals surface area (Å²) in [5.74, 6) is 1.92. The number of rotatable bonds is 7. The number of nitrogens with zero attached hydrogens (tertiary/aromatic N) is 1. The number of ether oxygens (including phenoxy) is 1. The SMILES string of the molecule is Cc1ccc(C2C=CC=C3SC(C(=O)NC4CCN([C@@H](C)c5ccc(OC6CCNCC6)c(Br)c5)CC4)CC32)cc1. The van der Waals surface area contributed by atoms with Gasteiger partial charge in [0.2, 0.25) is 5.91 Å². The second-order valence-corrected chi connectivity index (χ2v) is 14.2. The fourth-order valence-corrected chi connectivity index (χ4v) is 8.60. The standard InChI is InChI=1S/C34H42BrN3O2S/c1-22-6-8-24(9-7-22)28-4-3-5-32-29(28)21-33(41-32)34(39)37-26-14-18-38(19-15-26)23(2)25-10-11-31(30(35)20-25)40-27-12-16-36-17-13-27/h3-11,20,23,26-29,33,36H,12-19,21H2,1-2H3,(H,37,39)/t23-,28?,29?,33?/m0/s1. The lowest BCUT2D eigenvalue weighted by Crippen LogP contribution is -2.47. The number of thioether (sulfide) groups is 1. The molecule has 3 unspecified atom stereocenters. The Morgan fingerprint density at radius 2 is 1.85 bits per heavy atom. The first-order chi connectivity index (χ1) is 19.9. The molecule has 0 saturated carbocycles. The number of amides is 1. The molecule has 3 heterocycles. The van der Waals surface area contributed by atoms with Crippen LogP contribution in [-0.4, -0.2) is 54.4 Å². The number of fused-ring (bicyclic) bond motifs is 1. The van der Waals surface area contributed by atoms with Gasteiger partial charge in [0.25, 0.3) is 0 Å². The summed E-state index contributed by atoms with van der Waals surface area (Å²) >= 11 is 5.54. The van der Waals surface area contributed by atoms with Crippen molar-refractivity contribution in [2.24, 2.45) is 5.92 Å². The van der Waals surface area contributed by atoms with Crippen molar-refractivity contribution < 1.29 is 9.53 Å². The number of likely N-dealkylation sites (tertiary alicyclic amines) is 1. The van der Waals surface area contributed by atoms with Crippen molar-refractivity contribution in [1.82, 2.24) is 15.5 Å². The molecule has 2 aromatic rings. The third kappa shape index (κ3) is 6.79. The summed E-state index contributed by atoms with van der Waals surface area (Å²) in [6, 6.07) is 16.0. The quantitative estimate of drug-likeness (QED) is 0.347. The number of aryl methyl sites for hydroxylation is 1. The topological polar surface area (TPSA) is 53.6 Å². The first kappa shape index (κ1) is 29.0. The maximum absolute atomic E-state index is 13.4. The molecule has 218 valence electrons. The molecule has 1 amide bonds. The van der Waals surface area contributed by atoms with E-state index >= 15 is 0 Å². The molecule has 0 radical (unpaired) electrons. The molecule has 3 fully saturated rings. The monoisotopic (exact) mass is 635 g/mol. The first-order valence-electron chi connectivity index (χ1n) is 15.3. The number of carbonyl (C=O) groups excluding carboxylic acids is 1. The lowest BCUT2D eigenvalue weighted by atomic mass is 9.80. The number of hydrogen-bond donors (Lipinski definition) is 2. The molecule has 3 aliphatic heterocycles. The number of halogens is 1. The van der Waals surface area contributed by atoms with Gasteiger partial charge in [-0.3, -0.25) is 9.69 Å². The van der Waals surface area contributed by atoms with E-state index in [0.717, 1.165) is 68.5 Å². The maximum atomic E-state index is 13.4. The number of nitrogens with one attached hydrogen (secondary N) is 2. The molecular formula is C34H42BrN3O2S. The van der Waals surface area contributed by atoms with Crippen molar-refractivity contribution in [3.05, 3.63) is 86.8 Å². The van der Waals surface area contributed by atoms with Gasteiger partial charge in [-0.2, -0.15) is 0 Å². The molecular weight excluding hydrogens is 594 g/mol. The van der Waals surface area contributed by atoms with Gasteiger partial charge in [0.1, 0.15) is 11.9 Å². The van der Waals surface area contributed by atoms with E-state index in [0.29, 0.717) is 24.0 Å². The fourth-order valence-electron chi connectivity index (χ4n) is 6.73. The highest BCUT2D eigenvalue weighted by molar-refractivity contribution is 9.10. The van der Waals surface area contributed by atoms with Gasteiger partial charge in [0.05, 0.1) is 9.72 Å². The van der Waals surface area contributed by atoms with Crippen LogP contribution in [0.25, 0.3) is 0 Å². The van der Waals surface area contributed by atoms with E-state index in [9.17, 15) is 4.79 Å². The summed E-state index contributed by atoms with van der Waals surface area (Å²) in [4.78, 5) is 17.3. The molecule has 4 atom stereocenters. The molecule has 7 heteroatoms. The van der Waals surface area contributed by atoms with Gasteiger partial charge in [-0.25, -0.2) is 0 Å². The highest BCUT2D eigenvalue weighted by Crippen LogP contribution is 2.50. The van der Waals surface area contributed by atoms with Crippen LogP contribution in [0.1, 0.15) is 67.7 Å². The highest BCUT2D eigenvalue weighted by atomic mass is 79.9. The molecule has 2 N–H and O–H groups in total. The number of piperidine rings is 2. The number of allylic oxidation sites excluding steroid dienone is 4. The van der Waals surface area contributed by atoms with Gasteiger partial charge in [-0.05, 0) is 103 Å². The van der Waals surface area contributed by atoms with E-state index in [2.05, 4.69) is 106 Å². The Kier molecular flexibility index (Phi) is 9.25. The molecule has 4 aliphatic rings. The normalized spacial score (nSPS) is 26.3. The van der Waals surface area contributed by atoms with Crippen LogP contribution in [0, 0.1) is 12.8 Å². The Labute approximate surface area is 257 Å². The van der Waals surface area contributed by atoms with E-state index in [1.807, 2.05) is 0 Å². The third-order valence-corrected chi connectivity index (χ3v) is 11.3. The Hall–Kier alpha value is -2.06. The Morgan fingerprint density at radius 3 is 2.59 bits per heavy atom. The maximum Gasteiger partial charge on any atom is 0.233 e. The predicted octanol–water partition coefficient (Wildman–Crippen LogP) is 6.89. The smallest absolute Gasteiger partial charge is 0.233 e. The minimum atomic E-state index is -0.000918. The molecule has 5 nitrogen and oxygen atoms in total. The van der Waals surface area contributed by atoms with Crippen molar-refractivity contribution in [3.63, 3.8) is 0 Å². The van der Waals surface area contributed by atoms with Crippen molar-refractivity contribution in [2.75, 3.05) is 26.2 Å². The summed E-state index contributed by atoms with van der Waals surface area (Å²) in [6.45, 7) is 8.45. The van der Waals surface area contributed by atoms with Crippen LogP contribution >= 0.6 is 27.7 Å². The van der Waals surface area contributed by atoms with Crippen LogP contribution in [-0.2, 0) is 4.79 Å². The summed E-state index contributed by atoms with van der Waals surface area (Å²) < 4.78 is 7.31. The summed E-state index contributed by atoms with van der Waals surface area (Å²) in [7, 11) is 0. The summed E-state index contributed by atoms with van der Waals surface area (Å²) in [6.07, 6.45) is 12.0. The molecule has 3 saturated heterocycles. The van der Waals surface area contributed by atoms with Gasteiger partial charge in [-0.1, -0.05) is 54.1 Å². The molecule has 2 aromatic carbocycles. The fraction of sp³-hybridized carbons (Fsp3) is 0.500. The van der Waals surface area contributed by atoms with E-state index in [1.165, 1.54) is 21.6 Å². The molecule has 0 spiro atoms. The zero-order valence-electron chi connectivity index (χ0n) is 24.2. The summed E-state index contributed by atoms with van der Waals surface area (Å²) in [5, 5.41) is 6.82. The van der Waals surface area contributed by atoms with Crippen molar-refractivity contribution >= 4 is 33.6 Å². The Bertz CT molecular complexity index is 1280. The average Bonchev–Trinajstić information content (AvgIpc) is 3.44. The first-order valence-corrected chi connectivity index (χ1v) is 16.9. The highest BCUT2D eigenvalue weighted by Gasteiger charge is 2.40. The largest absolute Gasteiger partial charge is 0.489 e. The minimum Gasteiger partial charge on any atom is -0.489 e. The lowest BCUT2D eigenvalue weighted by Gasteiger charge is -2.37. The molecule has 1 aliphatic carbocycles. The number of benzene rings is 2. The van der Waals surface area contributed by atoms with Crippen molar-refractivity contribution in [3.8, 4) is 5.75 Å². The summed E-state index contributed by atoms with van der Waals surface area (Å²) in [5.41, 5.74) is 3.93. The third-order valence-electron chi connectivity index (χ3n) is 9.32. The van der Waals surface area contributed by atoms with Crippen LogP contribution in [0.15, 0.2) is 70.1 Å². The van der Waals surface area contributed by atoms with Gasteiger partial charge >= 0.3 is 0 Å². The number of hydrogen-bond acceptors (Lipinski definition) is 5. The van der Waals surface area contributed by atoms with Crippen molar-refractivity contribution in [1.29, 1.82) is 0 Å². The van der Waals surface area contributed by atoms with E-state index in [1.54, 1.807) is 11.8 Å². The van der Waals surface area contributed by atoms with E-state index in [-0.39, 0.29) is 17.2 Å². The second-order valence-electron chi connectivity index (χ2n) is 12.1. The predicted molar refractivity (Wildman–Crippen MR) is 172 cm³/mol. The zero-order chi connectivity index (χ0) is 28.3. The van der Waals surface area contributed by atoms with Crippen LogP contribution in [0.4, 0.5) is 0 Å². The van der Waals surface area contributed by atoms with Crippen LogP contribution in [0.5, 0.6) is 5.75 Å². The average molecular weight is 637 g/mol.